The smallest absolute Gasteiger partial charge is 0.0110 e. The van der Waals surface area contributed by atoms with Gasteiger partial charge in [-0.25, -0.2) is 0 Å². The average molecular weight is 190 g/mol. The lowest BCUT2D eigenvalue weighted by Crippen LogP contribution is -2.03. The second-order valence-corrected chi connectivity index (χ2v) is 5.28. The molecule has 1 unspecified atom stereocenters. The summed E-state index contributed by atoms with van der Waals surface area (Å²) in [5.74, 6) is 2.24. The molecule has 1 atom stereocenters. The molecule has 68 valence electrons. The quantitative estimate of drug-likeness (QED) is 0.603. The second-order valence-electron chi connectivity index (χ2n) is 4.15. The molecule has 0 bridgehead atoms. The molecule has 0 saturated heterocycles. The van der Waals surface area contributed by atoms with Crippen LogP contribution in [0.3, 0.4) is 0 Å². The normalized spacial score (nSPS) is 24.5. The van der Waals surface area contributed by atoms with Crippen LogP contribution in [0.1, 0.15) is 35.4 Å². The van der Waals surface area contributed by atoms with E-state index >= 15 is 0 Å². The van der Waals surface area contributed by atoms with Crippen molar-refractivity contribution >= 4 is 11.8 Å². The molecule has 1 aliphatic carbocycles. The van der Waals surface area contributed by atoms with E-state index in [1.54, 1.807) is 16.0 Å². The topological polar surface area (TPSA) is 0 Å². The van der Waals surface area contributed by atoms with Gasteiger partial charge in [0.25, 0.3) is 0 Å². The Hall–Kier alpha value is -0.430. The molecule has 2 aliphatic rings. The molecule has 0 nitrogen and oxygen atoms in total. The average Bonchev–Trinajstić information content (AvgIpc) is 2.57. The van der Waals surface area contributed by atoms with Crippen LogP contribution in [0.5, 0.6) is 0 Å². The van der Waals surface area contributed by atoms with Crippen LogP contribution in [0.4, 0.5) is 0 Å². The van der Waals surface area contributed by atoms with Crippen molar-refractivity contribution in [3.8, 4) is 0 Å². The first-order chi connectivity index (χ1) is 6.36. The fourth-order valence-corrected chi connectivity index (χ4v) is 3.95. The van der Waals surface area contributed by atoms with Gasteiger partial charge in [0, 0.05) is 4.90 Å². The monoisotopic (exact) mass is 190 g/mol. The van der Waals surface area contributed by atoms with Crippen LogP contribution in [-0.4, -0.2) is 5.75 Å². The van der Waals surface area contributed by atoms with E-state index < -0.39 is 0 Å². The lowest BCUT2D eigenvalue weighted by atomic mass is 9.96. The van der Waals surface area contributed by atoms with Crippen molar-refractivity contribution in [1.29, 1.82) is 0 Å². The van der Waals surface area contributed by atoms with Crippen molar-refractivity contribution in [1.82, 2.24) is 0 Å². The molecule has 0 radical (unpaired) electrons. The van der Waals surface area contributed by atoms with Crippen LogP contribution in [-0.2, 0) is 6.42 Å². The molecule has 0 saturated carbocycles. The third kappa shape index (κ3) is 1.06. The number of hydrogen-bond acceptors (Lipinski definition) is 1. The van der Waals surface area contributed by atoms with Crippen molar-refractivity contribution in [2.24, 2.45) is 0 Å². The fourth-order valence-electron chi connectivity index (χ4n) is 2.72. The van der Waals surface area contributed by atoms with E-state index in [9.17, 15) is 0 Å². The number of benzene rings is 1. The molecule has 1 aliphatic heterocycles. The summed E-state index contributed by atoms with van der Waals surface area (Å²) >= 11 is 2.06. The van der Waals surface area contributed by atoms with E-state index in [2.05, 4.69) is 30.8 Å². The van der Waals surface area contributed by atoms with E-state index in [0.29, 0.717) is 0 Å². The van der Waals surface area contributed by atoms with Crippen molar-refractivity contribution in [3.63, 3.8) is 0 Å². The Morgan fingerprint density at radius 1 is 1.31 bits per heavy atom. The summed E-state index contributed by atoms with van der Waals surface area (Å²) in [6.07, 6.45) is 4.15. The van der Waals surface area contributed by atoms with Gasteiger partial charge in [0.2, 0.25) is 0 Å². The highest BCUT2D eigenvalue weighted by atomic mass is 32.2. The molecule has 0 aromatic heterocycles. The molecular formula is C12H14S. The van der Waals surface area contributed by atoms with Crippen LogP contribution in [0.2, 0.25) is 0 Å². The zero-order valence-corrected chi connectivity index (χ0v) is 8.79. The predicted octanol–water partition coefficient (Wildman–Crippen LogP) is 3.52. The first kappa shape index (κ1) is 7.93. The molecule has 0 amide bonds. The van der Waals surface area contributed by atoms with Crippen molar-refractivity contribution in [3.05, 3.63) is 28.8 Å². The summed E-state index contributed by atoms with van der Waals surface area (Å²) in [6, 6.07) is 4.63. The zero-order valence-electron chi connectivity index (χ0n) is 7.97. The van der Waals surface area contributed by atoms with Gasteiger partial charge in [0.15, 0.2) is 0 Å². The Balaban J connectivity index is 2.25. The SMILES string of the molecule is Cc1ccc2c3c1CCC3CCS2. The number of thioether (sulfide) groups is 1. The lowest BCUT2D eigenvalue weighted by Gasteiger charge is -2.21. The van der Waals surface area contributed by atoms with Gasteiger partial charge >= 0.3 is 0 Å². The first-order valence-electron chi connectivity index (χ1n) is 5.11. The zero-order chi connectivity index (χ0) is 8.84. The Bertz CT molecular complexity index is 354. The molecule has 13 heavy (non-hydrogen) atoms. The minimum absolute atomic E-state index is 0.908. The van der Waals surface area contributed by atoms with Crippen LogP contribution in [0, 0.1) is 6.92 Å². The summed E-state index contributed by atoms with van der Waals surface area (Å²) in [6.45, 7) is 2.26. The van der Waals surface area contributed by atoms with Gasteiger partial charge in [-0.15, -0.1) is 11.8 Å². The van der Waals surface area contributed by atoms with Gasteiger partial charge in [0.1, 0.15) is 0 Å². The van der Waals surface area contributed by atoms with Gasteiger partial charge in [-0.05, 0) is 60.6 Å². The molecule has 1 heteroatoms. The van der Waals surface area contributed by atoms with Crippen LogP contribution < -0.4 is 0 Å². The Morgan fingerprint density at radius 3 is 3.15 bits per heavy atom. The third-order valence-corrected chi connectivity index (χ3v) is 4.53. The third-order valence-electron chi connectivity index (χ3n) is 3.43. The summed E-state index contributed by atoms with van der Waals surface area (Å²) in [7, 11) is 0. The summed E-state index contributed by atoms with van der Waals surface area (Å²) in [5, 5.41) is 0. The van der Waals surface area contributed by atoms with Crippen LogP contribution >= 0.6 is 11.8 Å². The number of rotatable bonds is 0. The number of aryl methyl sites for hydroxylation is 1. The van der Waals surface area contributed by atoms with E-state index in [-0.39, 0.29) is 0 Å². The standard InChI is InChI=1S/C12H14S/c1-8-2-5-11-12-9(6-7-13-11)3-4-10(8)12/h2,5,9H,3-4,6-7H2,1H3. The number of hydrogen-bond donors (Lipinski definition) is 0. The molecule has 3 rings (SSSR count). The maximum atomic E-state index is 2.33. The predicted molar refractivity (Wildman–Crippen MR) is 57.6 cm³/mol. The highest BCUT2D eigenvalue weighted by Gasteiger charge is 2.29. The minimum Gasteiger partial charge on any atom is -0.126 e. The van der Waals surface area contributed by atoms with Gasteiger partial charge in [0.05, 0.1) is 0 Å². The van der Waals surface area contributed by atoms with Crippen molar-refractivity contribution in [2.45, 2.75) is 37.0 Å². The molecular weight excluding hydrogens is 176 g/mol. The Morgan fingerprint density at radius 2 is 2.23 bits per heavy atom. The van der Waals surface area contributed by atoms with Crippen LogP contribution in [0.15, 0.2) is 17.0 Å². The highest BCUT2D eigenvalue weighted by Crippen LogP contribution is 2.46. The highest BCUT2D eigenvalue weighted by molar-refractivity contribution is 7.99. The van der Waals surface area contributed by atoms with Crippen molar-refractivity contribution in [2.75, 3.05) is 5.75 Å². The minimum atomic E-state index is 0.908. The van der Waals surface area contributed by atoms with E-state index in [1.807, 2.05) is 0 Å². The molecule has 1 aromatic carbocycles. The van der Waals surface area contributed by atoms with Crippen LogP contribution in [0.25, 0.3) is 0 Å². The van der Waals surface area contributed by atoms with E-state index in [1.165, 1.54) is 30.6 Å². The Labute approximate surface area is 83.7 Å². The molecule has 0 spiro atoms. The van der Waals surface area contributed by atoms with E-state index in [4.69, 9.17) is 0 Å². The van der Waals surface area contributed by atoms with E-state index in [0.717, 1.165) is 5.92 Å². The summed E-state index contributed by atoms with van der Waals surface area (Å²) in [4.78, 5) is 1.58. The molecule has 0 N–H and O–H groups in total. The molecule has 1 aromatic rings. The lowest BCUT2D eigenvalue weighted by molar-refractivity contribution is 0.646. The maximum absolute atomic E-state index is 2.33. The van der Waals surface area contributed by atoms with Crippen molar-refractivity contribution < 1.29 is 0 Å². The van der Waals surface area contributed by atoms with Gasteiger partial charge in [-0.2, -0.15) is 0 Å². The summed E-state index contributed by atoms with van der Waals surface area (Å²) < 4.78 is 0. The summed E-state index contributed by atoms with van der Waals surface area (Å²) in [5.41, 5.74) is 4.91. The molecule has 0 fully saturated rings. The first-order valence-corrected chi connectivity index (χ1v) is 6.10. The van der Waals surface area contributed by atoms with Gasteiger partial charge in [-0.1, -0.05) is 6.07 Å². The Kier molecular flexibility index (Phi) is 1.69. The van der Waals surface area contributed by atoms with Gasteiger partial charge < -0.3 is 0 Å². The largest absolute Gasteiger partial charge is 0.126 e. The van der Waals surface area contributed by atoms with Gasteiger partial charge in [-0.3, -0.25) is 0 Å². The fraction of sp³-hybridized carbons (Fsp3) is 0.500. The molecule has 1 heterocycles. The second kappa shape index (κ2) is 2.78. The maximum Gasteiger partial charge on any atom is 0.0110 e.